The number of rotatable bonds is 9. The average Bonchev–Trinajstić information content (AvgIpc) is 2.41. The largest absolute Gasteiger partial charge is 0.374 e. The average molecular weight is 270 g/mol. The zero-order chi connectivity index (χ0) is 14.1. The minimum Gasteiger partial charge on any atom is -0.374 e. The molecule has 1 N–H and O–H groups in total. The summed E-state index contributed by atoms with van der Waals surface area (Å²) in [4.78, 5) is 2.52. The van der Waals surface area contributed by atoms with Crippen LogP contribution in [-0.4, -0.2) is 49.3 Å². The van der Waals surface area contributed by atoms with Crippen molar-refractivity contribution < 1.29 is 4.74 Å². The van der Waals surface area contributed by atoms with Crippen molar-refractivity contribution in [3.63, 3.8) is 0 Å². The molecule has 1 fully saturated rings. The Morgan fingerprint density at radius 1 is 1.21 bits per heavy atom. The van der Waals surface area contributed by atoms with E-state index in [0.29, 0.717) is 18.2 Å². The van der Waals surface area contributed by atoms with Gasteiger partial charge in [0.1, 0.15) is 0 Å². The van der Waals surface area contributed by atoms with Gasteiger partial charge in [-0.3, -0.25) is 4.90 Å². The second-order valence-corrected chi connectivity index (χ2v) is 6.24. The molecule has 0 aromatic rings. The van der Waals surface area contributed by atoms with E-state index < -0.39 is 0 Å². The van der Waals surface area contributed by atoms with Gasteiger partial charge in [0.2, 0.25) is 0 Å². The van der Waals surface area contributed by atoms with Gasteiger partial charge in [0.15, 0.2) is 0 Å². The standard InChI is InChI=1S/C16H34N2O/c1-5-6-7-8-9-15(4)17-12-16-13-18(14(2)3)10-11-19-16/h14-17H,5-13H2,1-4H3. The molecule has 19 heavy (non-hydrogen) atoms. The van der Waals surface area contributed by atoms with Crippen molar-refractivity contribution in [3.8, 4) is 0 Å². The fourth-order valence-electron chi connectivity index (χ4n) is 2.65. The topological polar surface area (TPSA) is 24.5 Å². The lowest BCUT2D eigenvalue weighted by molar-refractivity contribution is -0.0380. The Morgan fingerprint density at radius 2 is 2.00 bits per heavy atom. The van der Waals surface area contributed by atoms with Crippen LogP contribution in [0.1, 0.15) is 59.8 Å². The predicted octanol–water partition coefficient (Wildman–Crippen LogP) is 3.04. The van der Waals surface area contributed by atoms with Crippen molar-refractivity contribution in [2.24, 2.45) is 0 Å². The smallest absolute Gasteiger partial charge is 0.0826 e. The molecule has 3 heteroatoms. The number of nitrogens with one attached hydrogen (secondary N) is 1. The van der Waals surface area contributed by atoms with Gasteiger partial charge in [0.05, 0.1) is 12.7 Å². The molecule has 114 valence electrons. The minimum absolute atomic E-state index is 0.370. The summed E-state index contributed by atoms with van der Waals surface area (Å²) in [5, 5.41) is 3.64. The molecule has 0 amide bonds. The first-order valence-corrected chi connectivity index (χ1v) is 8.22. The normalized spacial score (nSPS) is 22.9. The molecule has 0 spiro atoms. The maximum Gasteiger partial charge on any atom is 0.0826 e. The van der Waals surface area contributed by atoms with E-state index in [1.807, 2.05) is 0 Å². The number of morpholine rings is 1. The molecule has 0 aromatic carbocycles. The first-order valence-electron chi connectivity index (χ1n) is 8.22. The van der Waals surface area contributed by atoms with Crippen LogP contribution in [0, 0.1) is 0 Å². The van der Waals surface area contributed by atoms with Crippen molar-refractivity contribution in [1.82, 2.24) is 10.2 Å². The lowest BCUT2D eigenvalue weighted by Crippen LogP contribution is -2.49. The second kappa shape index (κ2) is 9.73. The third-order valence-corrected chi connectivity index (χ3v) is 4.09. The van der Waals surface area contributed by atoms with Gasteiger partial charge in [-0.05, 0) is 27.2 Å². The predicted molar refractivity (Wildman–Crippen MR) is 82.7 cm³/mol. The van der Waals surface area contributed by atoms with E-state index in [4.69, 9.17) is 4.74 Å². The number of nitrogens with zero attached hydrogens (tertiary/aromatic N) is 1. The molecule has 0 aromatic heterocycles. The Hall–Kier alpha value is -0.120. The van der Waals surface area contributed by atoms with E-state index >= 15 is 0 Å². The summed E-state index contributed by atoms with van der Waals surface area (Å²) in [6.45, 7) is 13.2. The molecule has 0 radical (unpaired) electrons. The van der Waals surface area contributed by atoms with E-state index in [1.54, 1.807) is 0 Å². The maximum atomic E-state index is 5.85. The van der Waals surface area contributed by atoms with Crippen LogP contribution in [0.25, 0.3) is 0 Å². The van der Waals surface area contributed by atoms with E-state index in [1.165, 1.54) is 32.1 Å². The number of ether oxygens (including phenoxy) is 1. The molecule has 1 aliphatic rings. The molecule has 1 heterocycles. The van der Waals surface area contributed by atoms with Gasteiger partial charge in [0, 0.05) is 31.7 Å². The molecular formula is C16H34N2O. The van der Waals surface area contributed by atoms with E-state index in [0.717, 1.165) is 26.2 Å². The molecule has 0 bridgehead atoms. The molecular weight excluding hydrogens is 236 g/mol. The zero-order valence-electron chi connectivity index (χ0n) is 13.5. The van der Waals surface area contributed by atoms with Crippen LogP contribution in [0.5, 0.6) is 0 Å². The Morgan fingerprint density at radius 3 is 2.68 bits per heavy atom. The van der Waals surface area contributed by atoms with Gasteiger partial charge >= 0.3 is 0 Å². The molecule has 1 rings (SSSR count). The van der Waals surface area contributed by atoms with Gasteiger partial charge in [-0.1, -0.05) is 32.6 Å². The van der Waals surface area contributed by atoms with Crippen LogP contribution in [0.4, 0.5) is 0 Å². The summed E-state index contributed by atoms with van der Waals surface area (Å²) in [5.41, 5.74) is 0. The summed E-state index contributed by atoms with van der Waals surface area (Å²) in [7, 11) is 0. The van der Waals surface area contributed by atoms with Crippen molar-refractivity contribution in [2.45, 2.75) is 78.0 Å². The number of unbranched alkanes of at least 4 members (excludes halogenated alkanes) is 3. The second-order valence-electron chi connectivity index (χ2n) is 6.24. The first-order chi connectivity index (χ1) is 9.13. The van der Waals surface area contributed by atoms with Crippen LogP contribution in [0.3, 0.4) is 0 Å². The van der Waals surface area contributed by atoms with E-state index in [-0.39, 0.29) is 0 Å². The first kappa shape index (κ1) is 16.9. The molecule has 0 aliphatic carbocycles. The molecule has 2 atom stereocenters. The van der Waals surface area contributed by atoms with E-state index in [9.17, 15) is 0 Å². The van der Waals surface area contributed by atoms with Crippen LogP contribution < -0.4 is 5.32 Å². The molecule has 3 nitrogen and oxygen atoms in total. The Balaban J connectivity index is 2.10. The number of hydrogen-bond acceptors (Lipinski definition) is 3. The Bertz CT molecular complexity index is 221. The maximum absolute atomic E-state index is 5.85. The minimum atomic E-state index is 0.370. The lowest BCUT2D eigenvalue weighted by Gasteiger charge is -2.36. The zero-order valence-corrected chi connectivity index (χ0v) is 13.5. The van der Waals surface area contributed by atoms with E-state index in [2.05, 4.69) is 37.9 Å². The van der Waals surface area contributed by atoms with Crippen molar-refractivity contribution >= 4 is 0 Å². The van der Waals surface area contributed by atoms with Crippen LogP contribution in [0.15, 0.2) is 0 Å². The number of hydrogen-bond donors (Lipinski definition) is 1. The highest BCUT2D eigenvalue weighted by atomic mass is 16.5. The van der Waals surface area contributed by atoms with Crippen molar-refractivity contribution in [3.05, 3.63) is 0 Å². The SMILES string of the molecule is CCCCCCC(C)NCC1CN(C(C)C)CCO1. The van der Waals surface area contributed by atoms with Gasteiger partial charge in [-0.15, -0.1) is 0 Å². The Labute approximate surface area is 120 Å². The van der Waals surface area contributed by atoms with Gasteiger partial charge in [-0.25, -0.2) is 0 Å². The third kappa shape index (κ3) is 7.28. The fourth-order valence-corrected chi connectivity index (χ4v) is 2.65. The highest BCUT2D eigenvalue weighted by Crippen LogP contribution is 2.09. The molecule has 1 saturated heterocycles. The lowest BCUT2D eigenvalue weighted by atomic mass is 10.1. The Kier molecular flexibility index (Phi) is 8.67. The van der Waals surface area contributed by atoms with Crippen molar-refractivity contribution in [1.29, 1.82) is 0 Å². The van der Waals surface area contributed by atoms with Gasteiger partial charge in [-0.2, -0.15) is 0 Å². The van der Waals surface area contributed by atoms with Crippen LogP contribution >= 0.6 is 0 Å². The van der Waals surface area contributed by atoms with Gasteiger partial charge in [0.25, 0.3) is 0 Å². The van der Waals surface area contributed by atoms with Gasteiger partial charge < -0.3 is 10.1 Å². The summed E-state index contributed by atoms with van der Waals surface area (Å²) in [5.74, 6) is 0. The monoisotopic (exact) mass is 270 g/mol. The third-order valence-electron chi connectivity index (χ3n) is 4.09. The van der Waals surface area contributed by atoms with Crippen LogP contribution in [0.2, 0.25) is 0 Å². The molecule has 2 unspecified atom stereocenters. The molecule has 1 aliphatic heterocycles. The summed E-state index contributed by atoms with van der Waals surface area (Å²) in [6, 6.07) is 1.26. The fraction of sp³-hybridized carbons (Fsp3) is 1.00. The highest BCUT2D eigenvalue weighted by molar-refractivity contribution is 4.76. The molecule has 0 saturated carbocycles. The highest BCUT2D eigenvalue weighted by Gasteiger charge is 2.22. The summed E-state index contributed by atoms with van der Waals surface area (Å²) in [6.07, 6.45) is 7.09. The summed E-state index contributed by atoms with van der Waals surface area (Å²) >= 11 is 0. The summed E-state index contributed by atoms with van der Waals surface area (Å²) < 4.78 is 5.85. The quantitative estimate of drug-likeness (QED) is 0.652. The van der Waals surface area contributed by atoms with Crippen LogP contribution in [-0.2, 0) is 4.74 Å². The van der Waals surface area contributed by atoms with Crippen molar-refractivity contribution in [2.75, 3.05) is 26.2 Å².